The van der Waals surface area contributed by atoms with Gasteiger partial charge in [0.1, 0.15) is 11.5 Å². The Morgan fingerprint density at radius 2 is 1.61 bits per heavy atom. The Hall–Kier alpha value is -2.37. The van der Waals surface area contributed by atoms with E-state index in [0.717, 1.165) is 29.5 Å². The average molecular weight is 386 g/mol. The Morgan fingerprint density at radius 3 is 2.21 bits per heavy atom. The highest BCUT2D eigenvalue weighted by atomic mass is 16.5. The quantitative estimate of drug-likeness (QED) is 0.428. The van der Waals surface area contributed by atoms with Crippen LogP contribution in [0.15, 0.2) is 36.4 Å². The van der Waals surface area contributed by atoms with E-state index >= 15 is 0 Å². The highest BCUT2D eigenvalue weighted by Gasteiger charge is 2.20. The van der Waals surface area contributed by atoms with E-state index in [-0.39, 0.29) is 30.9 Å². The molecule has 152 valence electrons. The lowest BCUT2D eigenvalue weighted by Gasteiger charge is -2.20. The van der Waals surface area contributed by atoms with Gasteiger partial charge in [0.15, 0.2) is 0 Å². The van der Waals surface area contributed by atoms with Crippen molar-refractivity contribution in [1.82, 2.24) is 0 Å². The topological polar surface area (TPSA) is 87.0 Å². The molecule has 28 heavy (non-hydrogen) atoms. The molecule has 0 saturated carbocycles. The van der Waals surface area contributed by atoms with Crippen LogP contribution < -0.4 is 4.74 Å². The summed E-state index contributed by atoms with van der Waals surface area (Å²) in [5.41, 5.74) is 3.35. The average Bonchev–Trinajstić information content (AvgIpc) is 2.69. The van der Waals surface area contributed by atoms with Crippen LogP contribution in [0.4, 0.5) is 0 Å². The molecule has 0 bridgehead atoms. The van der Waals surface area contributed by atoms with Crippen molar-refractivity contribution < 1.29 is 24.9 Å². The molecular formula is C23H30O5. The van der Waals surface area contributed by atoms with Gasteiger partial charge in [0.05, 0.1) is 0 Å². The molecule has 5 heteroatoms. The first-order valence-electron chi connectivity index (χ1n) is 9.87. The fourth-order valence-electron chi connectivity index (χ4n) is 3.21. The molecule has 0 spiro atoms. The molecule has 5 nitrogen and oxygen atoms in total. The highest BCUT2D eigenvalue weighted by molar-refractivity contribution is 5.73. The van der Waals surface area contributed by atoms with E-state index in [0.29, 0.717) is 30.6 Å². The first-order valence-corrected chi connectivity index (χ1v) is 9.87. The highest BCUT2D eigenvalue weighted by Crippen LogP contribution is 2.37. The van der Waals surface area contributed by atoms with Crippen molar-refractivity contribution in [2.45, 2.75) is 51.9 Å². The number of aromatic hydroxyl groups is 1. The van der Waals surface area contributed by atoms with Gasteiger partial charge in [-0.3, -0.25) is 4.79 Å². The van der Waals surface area contributed by atoms with Gasteiger partial charge < -0.3 is 20.1 Å². The number of carbonyl (C=O) groups excluding carboxylic acids is 1. The molecule has 0 aromatic heterocycles. The molecule has 3 N–H and O–H groups in total. The molecule has 2 rings (SSSR count). The minimum absolute atomic E-state index is 0.0285. The molecule has 0 saturated heterocycles. The van der Waals surface area contributed by atoms with Crippen molar-refractivity contribution in [2.24, 2.45) is 0 Å². The third kappa shape index (κ3) is 5.81. The molecule has 0 fully saturated rings. The maximum atomic E-state index is 12.2. The summed E-state index contributed by atoms with van der Waals surface area (Å²) in [6, 6.07) is 10.8. The van der Waals surface area contributed by atoms with Gasteiger partial charge in [0, 0.05) is 36.7 Å². The van der Waals surface area contributed by atoms with Gasteiger partial charge in [-0.05, 0) is 42.5 Å². The molecule has 0 aliphatic carbocycles. The Kier molecular flexibility index (Phi) is 8.48. The SMILES string of the molecule is CCCCC(=O)Oc1ccc(CCO)cc1C(C)c1cc(CCO)ccc1O. The number of aliphatic hydroxyl groups is 2. The fourth-order valence-corrected chi connectivity index (χ4v) is 3.21. The van der Waals surface area contributed by atoms with E-state index in [1.165, 1.54) is 0 Å². The molecule has 0 aliphatic heterocycles. The Morgan fingerprint density at radius 1 is 1.00 bits per heavy atom. The van der Waals surface area contributed by atoms with E-state index < -0.39 is 0 Å². The first kappa shape index (κ1) is 21.9. The molecule has 1 unspecified atom stereocenters. The summed E-state index contributed by atoms with van der Waals surface area (Å²) >= 11 is 0. The summed E-state index contributed by atoms with van der Waals surface area (Å²) in [5, 5.41) is 28.9. The number of hydrogen-bond donors (Lipinski definition) is 3. The van der Waals surface area contributed by atoms with Crippen LogP contribution in [0, 0.1) is 0 Å². The maximum Gasteiger partial charge on any atom is 0.311 e. The van der Waals surface area contributed by atoms with Gasteiger partial charge >= 0.3 is 5.97 Å². The number of aliphatic hydroxyl groups excluding tert-OH is 2. The van der Waals surface area contributed by atoms with Crippen molar-refractivity contribution in [3.8, 4) is 11.5 Å². The second-order valence-corrected chi connectivity index (χ2v) is 7.01. The van der Waals surface area contributed by atoms with Crippen molar-refractivity contribution in [1.29, 1.82) is 0 Å². The molecule has 0 radical (unpaired) electrons. The number of esters is 1. The third-order valence-electron chi connectivity index (χ3n) is 4.86. The van der Waals surface area contributed by atoms with Crippen molar-refractivity contribution in [3.05, 3.63) is 58.7 Å². The second kappa shape index (κ2) is 10.8. The minimum Gasteiger partial charge on any atom is -0.508 e. The molecule has 0 amide bonds. The monoisotopic (exact) mass is 386 g/mol. The summed E-state index contributed by atoms with van der Waals surface area (Å²) in [6.07, 6.45) is 3.05. The Balaban J connectivity index is 2.41. The van der Waals surface area contributed by atoms with Gasteiger partial charge in [-0.25, -0.2) is 0 Å². The second-order valence-electron chi connectivity index (χ2n) is 7.01. The number of hydrogen-bond acceptors (Lipinski definition) is 5. The standard InChI is InChI=1S/C23H30O5/c1-3-4-5-23(27)28-22-9-7-18(11-13-25)15-20(22)16(2)19-14-17(10-12-24)6-8-21(19)26/h6-9,14-16,24-26H,3-5,10-13H2,1-2H3. The number of unbranched alkanes of at least 4 members (excludes halogenated alkanes) is 1. The Labute approximate surface area is 166 Å². The zero-order valence-electron chi connectivity index (χ0n) is 16.6. The first-order chi connectivity index (χ1) is 13.5. The van der Waals surface area contributed by atoms with Gasteiger partial charge in [0.2, 0.25) is 0 Å². The lowest BCUT2D eigenvalue weighted by atomic mass is 9.89. The van der Waals surface area contributed by atoms with E-state index in [1.807, 2.05) is 32.0 Å². The van der Waals surface area contributed by atoms with Crippen LogP contribution in [0.3, 0.4) is 0 Å². The molecule has 0 heterocycles. The third-order valence-corrected chi connectivity index (χ3v) is 4.86. The van der Waals surface area contributed by atoms with E-state index in [4.69, 9.17) is 4.74 Å². The van der Waals surface area contributed by atoms with Crippen LogP contribution in [-0.2, 0) is 17.6 Å². The van der Waals surface area contributed by atoms with Crippen LogP contribution in [0.1, 0.15) is 61.3 Å². The van der Waals surface area contributed by atoms with Crippen LogP contribution in [0.5, 0.6) is 11.5 Å². The predicted molar refractivity (Wildman–Crippen MR) is 109 cm³/mol. The van der Waals surface area contributed by atoms with Crippen LogP contribution >= 0.6 is 0 Å². The maximum absolute atomic E-state index is 12.2. The molecular weight excluding hydrogens is 356 g/mol. The normalized spacial score (nSPS) is 12.0. The number of phenols is 1. The fraction of sp³-hybridized carbons (Fsp3) is 0.435. The zero-order valence-corrected chi connectivity index (χ0v) is 16.6. The van der Waals surface area contributed by atoms with Gasteiger partial charge in [-0.2, -0.15) is 0 Å². The largest absolute Gasteiger partial charge is 0.508 e. The smallest absolute Gasteiger partial charge is 0.311 e. The van der Waals surface area contributed by atoms with Crippen LogP contribution in [0.25, 0.3) is 0 Å². The molecule has 2 aromatic carbocycles. The van der Waals surface area contributed by atoms with Gasteiger partial charge in [-0.15, -0.1) is 0 Å². The number of rotatable bonds is 10. The summed E-state index contributed by atoms with van der Waals surface area (Å²) in [6.45, 7) is 4.03. The molecule has 2 aromatic rings. The van der Waals surface area contributed by atoms with Crippen LogP contribution in [-0.4, -0.2) is 34.5 Å². The van der Waals surface area contributed by atoms with Crippen molar-refractivity contribution >= 4 is 5.97 Å². The van der Waals surface area contributed by atoms with E-state index in [9.17, 15) is 20.1 Å². The summed E-state index contributed by atoms with van der Waals surface area (Å²) in [7, 11) is 0. The zero-order chi connectivity index (χ0) is 20.5. The van der Waals surface area contributed by atoms with E-state index in [1.54, 1.807) is 18.2 Å². The number of phenolic OH excluding ortho intramolecular Hbond substituents is 1. The summed E-state index contributed by atoms with van der Waals surface area (Å²) in [4.78, 5) is 12.2. The molecule has 1 atom stereocenters. The number of benzene rings is 2. The molecule has 0 aliphatic rings. The lowest BCUT2D eigenvalue weighted by Crippen LogP contribution is -2.11. The van der Waals surface area contributed by atoms with Crippen molar-refractivity contribution in [2.75, 3.05) is 13.2 Å². The predicted octanol–water partition coefficient (Wildman–Crippen LogP) is 3.71. The number of carbonyl (C=O) groups is 1. The van der Waals surface area contributed by atoms with Gasteiger partial charge in [0.25, 0.3) is 0 Å². The summed E-state index contributed by atoms with van der Waals surface area (Å²) < 4.78 is 5.62. The van der Waals surface area contributed by atoms with Crippen LogP contribution in [0.2, 0.25) is 0 Å². The van der Waals surface area contributed by atoms with Crippen molar-refractivity contribution in [3.63, 3.8) is 0 Å². The minimum atomic E-state index is -0.275. The lowest BCUT2D eigenvalue weighted by molar-refractivity contribution is -0.134. The summed E-state index contributed by atoms with van der Waals surface area (Å²) in [5.74, 6) is 0.127. The van der Waals surface area contributed by atoms with E-state index in [2.05, 4.69) is 0 Å². The van der Waals surface area contributed by atoms with Gasteiger partial charge in [-0.1, -0.05) is 44.5 Å². The Bertz CT molecular complexity index is 785. The number of ether oxygens (including phenoxy) is 1.